The molecular weight excluding hydrogens is 284 g/mol. The number of nitrogen functional groups attached to an aromatic ring is 1. The van der Waals surface area contributed by atoms with Crippen LogP contribution in [-0.4, -0.2) is 14.0 Å². The molecule has 1 heterocycles. The van der Waals surface area contributed by atoms with Crippen LogP contribution >= 0.6 is 0 Å². The van der Waals surface area contributed by atoms with E-state index in [4.69, 9.17) is 5.73 Å². The zero-order valence-corrected chi connectivity index (χ0v) is 12.0. The van der Waals surface area contributed by atoms with Gasteiger partial charge in [0.1, 0.15) is 16.5 Å². The van der Waals surface area contributed by atoms with Crippen LogP contribution in [0.5, 0.6) is 0 Å². The van der Waals surface area contributed by atoms with Crippen molar-refractivity contribution in [3.05, 3.63) is 41.7 Å². The minimum Gasteiger partial charge on any atom is -0.399 e. The van der Waals surface area contributed by atoms with Gasteiger partial charge in [-0.15, -0.1) is 0 Å². The maximum absolute atomic E-state index is 13.7. The third kappa shape index (κ3) is 3.04. The van der Waals surface area contributed by atoms with Crippen molar-refractivity contribution in [2.75, 3.05) is 5.73 Å². The Bertz CT molecular complexity index is 632. The second kappa shape index (κ2) is 5.70. The van der Waals surface area contributed by atoms with Gasteiger partial charge in [0, 0.05) is 17.9 Å². The summed E-state index contributed by atoms with van der Waals surface area (Å²) in [5.74, 6) is -1.84. The van der Waals surface area contributed by atoms with Crippen LogP contribution in [0.25, 0.3) is 0 Å². The number of nitrogens with two attached hydrogens (primary N) is 1. The quantitative estimate of drug-likeness (QED) is 0.883. The lowest BCUT2D eigenvalue weighted by Gasteiger charge is -2.06. The normalized spacial score (nSPS) is 12.8. The predicted octanol–water partition coefficient (Wildman–Crippen LogP) is 2.63. The van der Waals surface area contributed by atoms with E-state index in [0.29, 0.717) is 5.69 Å². The van der Waals surface area contributed by atoms with E-state index < -0.39 is 27.3 Å². The van der Waals surface area contributed by atoms with Gasteiger partial charge in [0.05, 0.1) is 22.2 Å². The van der Waals surface area contributed by atoms with Gasteiger partial charge in [-0.2, -0.15) is 5.10 Å². The fraction of sp³-hybridized carbons (Fsp3) is 0.308. The molecule has 0 aliphatic carbocycles. The molecule has 0 saturated heterocycles. The van der Waals surface area contributed by atoms with E-state index in [1.54, 1.807) is 16.9 Å². The van der Waals surface area contributed by atoms with Gasteiger partial charge in [0.2, 0.25) is 0 Å². The molecule has 7 heteroatoms. The minimum atomic E-state index is -1.85. The number of rotatable bonds is 4. The van der Waals surface area contributed by atoms with Crippen molar-refractivity contribution in [2.24, 2.45) is 0 Å². The Morgan fingerprint density at radius 1 is 1.35 bits per heavy atom. The standard InChI is InChI=1S/C13H15F2N3OS/c1-8(2)18-4-3-10(17-18)7-20(19)13-11(14)5-9(16)6-12(13)15/h3-6,8H,7,16H2,1-2H3. The lowest BCUT2D eigenvalue weighted by molar-refractivity contribution is 0.527. The summed E-state index contributed by atoms with van der Waals surface area (Å²) in [6.45, 7) is 3.90. The second-order valence-electron chi connectivity index (χ2n) is 4.68. The highest BCUT2D eigenvalue weighted by Gasteiger charge is 2.18. The molecule has 0 saturated carbocycles. The lowest BCUT2D eigenvalue weighted by atomic mass is 10.3. The molecule has 4 nitrogen and oxygen atoms in total. The minimum absolute atomic E-state index is 0.0372. The van der Waals surface area contributed by atoms with Crippen LogP contribution in [0.2, 0.25) is 0 Å². The van der Waals surface area contributed by atoms with Gasteiger partial charge < -0.3 is 5.73 Å². The van der Waals surface area contributed by atoms with Crippen LogP contribution in [0.4, 0.5) is 14.5 Å². The predicted molar refractivity (Wildman–Crippen MR) is 73.5 cm³/mol. The Morgan fingerprint density at radius 3 is 2.45 bits per heavy atom. The van der Waals surface area contributed by atoms with E-state index in [0.717, 1.165) is 12.1 Å². The molecule has 20 heavy (non-hydrogen) atoms. The first-order valence-corrected chi connectivity index (χ1v) is 7.37. The molecule has 108 valence electrons. The number of hydrogen-bond acceptors (Lipinski definition) is 3. The average Bonchev–Trinajstić information content (AvgIpc) is 2.75. The number of benzene rings is 1. The molecule has 0 spiro atoms. The molecule has 0 aliphatic rings. The molecule has 1 unspecified atom stereocenters. The summed E-state index contributed by atoms with van der Waals surface area (Å²) in [4.78, 5) is -0.460. The molecule has 0 bridgehead atoms. The van der Waals surface area contributed by atoms with Crippen molar-refractivity contribution in [3.63, 3.8) is 0 Å². The maximum atomic E-state index is 13.7. The van der Waals surface area contributed by atoms with Crippen molar-refractivity contribution in [1.82, 2.24) is 9.78 Å². The third-order valence-corrected chi connectivity index (χ3v) is 4.12. The van der Waals surface area contributed by atoms with Crippen LogP contribution in [0.3, 0.4) is 0 Å². The smallest absolute Gasteiger partial charge is 0.144 e. The van der Waals surface area contributed by atoms with Gasteiger partial charge in [-0.05, 0) is 32.0 Å². The molecule has 2 rings (SSSR count). The van der Waals surface area contributed by atoms with Gasteiger partial charge in [-0.3, -0.25) is 8.89 Å². The summed E-state index contributed by atoms with van der Waals surface area (Å²) in [5.41, 5.74) is 5.81. The second-order valence-corrected chi connectivity index (χ2v) is 6.07. The third-order valence-electron chi connectivity index (χ3n) is 2.72. The zero-order valence-electron chi connectivity index (χ0n) is 11.1. The first kappa shape index (κ1) is 14.6. The highest BCUT2D eigenvalue weighted by atomic mass is 32.2. The summed E-state index contributed by atoms with van der Waals surface area (Å²) < 4.78 is 41.1. The molecule has 1 atom stereocenters. The van der Waals surface area contributed by atoms with Crippen molar-refractivity contribution in [1.29, 1.82) is 0 Å². The first-order chi connectivity index (χ1) is 9.38. The van der Waals surface area contributed by atoms with Gasteiger partial charge in [-0.25, -0.2) is 8.78 Å². The van der Waals surface area contributed by atoms with Crippen LogP contribution in [-0.2, 0) is 16.6 Å². The number of anilines is 1. The highest BCUT2D eigenvalue weighted by molar-refractivity contribution is 7.84. The van der Waals surface area contributed by atoms with Gasteiger partial charge in [-0.1, -0.05) is 0 Å². The van der Waals surface area contributed by atoms with Gasteiger partial charge in [0.25, 0.3) is 0 Å². The van der Waals surface area contributed by atoms with Crippen LogP contribution in [0, 0.1) is 11.6 Å². The molecule has 0 radical (unpaired) electrons. The maximum Gasteiger partial charge on any atom is 0.144 e. The van der Waals surface area contributed by atoms with E-state index in [2.05, 4.69) is 5.10 Å². The number of halogens is 2. The van der Waals surface area contributed by atoms with Crippen molar-refractivity contribution < 1.29 is 13.0 Å². The van der Waals surface area contributed by atoms with Crippen LogP contribution < -0.4 is 5.73 Å². The SMILES string of the molecule is CC(C)n1ccc(CS(=O)c2c(F)cc(N)cc2F)n1. The summed E-state index contributed by atoms with van der Waals surface area (Å²) in [6, 6.07) is 3.78. The monoisotopic (exact) mass is 299 g/mol. The van der Waals surface area contributed by atoms with Crippen molar-refractivity contribution in [2.45, 2.75) is 30.5 Å². The molecule has 2 N–H and O–H groups in total. The van der Waals surface area contributed by atoms with Gasteiger partial charge in [0.15, 0.2) is 0 Å². The molecule has 1 aromatic heterocycles. The zero-order chi connectivity index (χ0) is 14.9. The van der Waals surface area contributed by atoms with E-state index in [1.165, 1.54) is 0 Å². The topological polar surface area (TPSA) is 60.9 Å². The molecule has 1 aromatic carbocycles. The Balaban J connectivity index is 2.24. The Morgan fingerprint density at radius 2 is 1.95 bits per heavy atom. The molecule has 0 aliphatic heterocycles. The largest absolute Gasteiger partial charge is 0.399 e. The van der Waals surface area contributed by atoms with E-state index >= 15 is 0 Å². The first-order valence-electron chi connectivity index (χ1n) is 6.05. The summed E-state index contributed by atoms with van der Waals surface area (Å²) in [5, 5.41) is 4.21. The van der Waals surface area contributed by atoms with Crippen molar-refractivity contribution >= 4 is 16.5 Å². The van der Waals surface area contributed by atoms with E-state index in [-0.39, 0.29) is 17.5 Å². The number of nitrogens with zero attached hydrogens (tertiary/aromatic N) is 2. The van der Waals surface area contributed by atoms with E-state index in [1.807, 2.05) is 13.8 Å². The summed E-state index contributed by atoms with van der Waals surface area (Å²) in [6.07, 6.45) is 1.74. The fourth-order valence-electron chi connectivity index (χ4n) is 1.75. The van der Waals surface area contributed by atoms with Gasteiger partial charge >= 0.3 is 0 Å². The molecule has 0 amide bonds. The molecular formula is C13H15F2N3OS. The lowest BCUT2D eigenvalue weighted by Crippen LogP contribution is -2.06. The van der Waals surface area contributed by atoms with Crippen LogP contribution in [0.15, 0.2) is 29.3 Å². The highest BCUT2D eigenvalue weighted by Crippen LogP contribution is 2.22. The Hall–Kier alpha value is -1.76. The van der Waals surface area contributed by atoms with Crippen LogP contribution in [0.1, 0.15) is 25.6 Å². The van der Waals surface area contributed by atoms with E-state index in [9.17, 15) is 13.0 Å². The Kier molecular flexibility index (Phi) is 4.17. The summed E-state index contributed by atoms with van der Waals surface area (Å²) >= 11 is 0. The fourth-order valence-corrected chi connectivity index (χ4v) is 2.87. The molecule has 2 aromatic rings. The summed E-state index contributed by atoms with van der Waals surface area (Å²) in [7, 11) is -1.85. The molecule has 0 fully saturated rings. The average molecular weight is 299 g/mol. The number of hydrogen-bond donors (Lipinski definition) is 1. The Labute approximate surface area is 118 Å². The number of aromatic nitrogens is 2. The van der Waals surface area contributed by atoms with Crippen molar-refractivity contribution in [3.8, 4) is 0 Å².